The van der Waals surface area contributed by atoms with Crippen LogP contribution < -0.4 is 0 Å². The predicted octanol–water partition coefficient (Wildman–Crippen LogP) is 0.857. The van der Waals surface area contributed by atoms with E-state index in [1.807, 2.05) is 6.92 Å². The minimum absolute atomic E-state index is 0.282. The van der Waals surface area contributed by atoms with E-state index in [9.17, 15) is 4.21 Å². The summed E-state index contributed by atoms with van der Waals surface area (Å²) in [6, 6.07) is 0. The Morgan fingerprint density at radius 2 is 2.22 bits per heavy atom. The fourth-order valence-corrected chi connectivity index (χ4v) is 0.691. The van der Waals surface area contributed by atoms with E-state index >= 15 is 0 Å². The number of hydrogen-bond donors (Lipinski definition) is 0. The molecular formula is C4H9ClO3S. The van der Waals surface area contributed by atoms with Crippen molar-refractivity contribution in [3.8, 4) is 0 Å². The Morgan fingerprint density at radius 3 is 2.67 bits per heavy atom. The number of rotatable bonds is 5. The molecule has 0 aromatic rings. The van der Waals surface area contributed by atoms with E-state index in [4.69, 9.17) is 15.4 Å². The largest absolute Gasteiger partial charge is 0.379 e. The van der Waals surface area contributed by atoms with Crippen LogP contribution in [-0.4, -0.2) is 24.0 Å². The lowest BCUT2D eigenvalue weighted by atomic mass is 10.8. The van der Waals surface area contributed by atoms with Crippen molar-refractivity contribution in [1.29, 1.82) is 0 Å². The zero-order valence-electron chi connectivity index (χ0n) is 5.13. The zero-order valence-corrected chi connectivity index (χ0v) is 6.70. The Balaban J connectivity index is 2.83. The van der Waals surface area contributed by atoms with Crippen molar-refractivity contribution in [2.24, 2.45) is 0 Å². The molecule has 0 N–H and O–H groups in total. The molecule has 0 radical (unpaired) electrons. The van der Waals surface area contributed by atoms with E-state index in [0.29, 0.717) is 13.2 Å². The highest BCUT2D eigenvalue weighted by Gasteiger charge is 1.91. The minimum Gasteiger partial charge on any atom is -0.379 e. The first-order chi connectivity index (χ1) is 4.27. The molecule has 0 aromatic carbocycles. The van der Waals surface area contributed by atoms with Crippen LogP contribution in [0.15, 0.2) is 0 Å². The SMILES string of the molecule is CCOCCOS(=O)Cl. The fraction of sp³-hybridized carbons (Fsp3) is 1.00. The topological polar surface area (TPSA) is 35.5 Å². The van der Waals surface area contributed by atoms with E-state index in [0.717, 1.165) is 0 Å². The van der Waals surface area contributed by atoms with Crippen LogP contribution in [0.1, 0.15) is 6.92 Å². The molecule has 0 rings (SSSR count). The second-order valence-corrected chi connectivity index (χ2v) is 2.59. The molecule has 0 aliphatic carbocycles. The summed E-state index contributed by atoms with van der Waals surface area (Å²) in [5.74, 6) is 0. The predicted molar refractivity (Wildman–Crippen MR) is 36.4 cm³/mol. The Labute approximate surface area is 61.5 Å². The fourth-order valence-electron chi connectivity index (χ4n) is 0.303. The van der Waals surface area contributed by atoms with Gasteiger partial charge < -0.3 is 4.74 Å². The van der Waals surface area contributed by atoms with Crippen molar-refractivity contribution < 1.29 is 13.1 Å². The van der Waals surface area contributed by atoms with Gasteiger partial charge in [0.2, 0.25) is 0 Å². The second-order valence-electron chi connectivity index (χ2n) is 1.21. The molecule has 0 aliphatic heterocycles. The third-order valence-electron chi connectivity index (χ3n) is 0.608. The van der Waals surface area contributed by atoms with Crippen LogP contribution >= 0.6 is 10.7 Å². The van der Waals surface area contributed by atoms with E-state index in [2.05, 4.69) is 4.18 Å². The molecule has 0 aromatic heterocycles. The van der Waals surface area contributed by atoms with Crippen LogP contribution in [0, 0.1) is 0 Å². The molecule has 0 fully saturated rings. The Morgan fingerprint density at radius 1 is 1.56 bits per heavy atom. The maximum Gasteiger partial charge on any atom is 0.256 e. The highest BCUT2D eigenvalue weighted by atomic mass is 35.7. The van der Waals surface area contributed by atoms with Crippen LogP contribution in [0.3, 0.4) is 0 Å². The molecule has 0 aliphatic rings. The highest BCUT2D eigenvalue weighted by Crippen LogP contribution is 1.89. The summed E-state index contributed by atoms with van der Waals surface area (Å²) in [7, 11) is 3.27. The summed E-state index contributed by atoms with van der Waals surface area (Å²) >= 11 is 0. The Hall–Kier alpha value is 0.360. The molecule has 3 nitrogen and oxygen atoms in total. The van der Waals surface area contributed by atoms with Gasteiger partial charge in [-0.2, -0.15) is 0 Å². The van der Waals surface area contributed by atoms with Gasteiger partial charge in [-0.1, -0.05) is 0 Å². The molecule has 56 valence electrons. The van der Waals surface area contributed by atoms with Crippen LogP contribution in [0.5, 0.6) is 0 Å². The van der Waals surface area contributed by atoms with Crippen molar-refractivity contribution in [3.05, 3.63) is 0 Å². The summed E-state index contributed by atoms with van der Waals surface area (Å²) < 4.78 is 19.3. The molecule has 0 bridgehead atoms. The molecule has 1 unspecified atom stereocenters. The third-order valence-corrected chi connectivity index (χ3v) is 1.23. The Kier molecular flexibility index (Phi) is 6.74. The summed E-state index contributed by atoms with van der Waals surface area (Å²) in [6.45, 7) is 3.23. The molecule has 0 saturated heterocycles. The standard InChI is InChI=1S/C4H9ClO3S/c1-2-7-3-4-8-9(5)6/h2-4H2,1H3. The van der Waals surface area contributed by atoms with E-state index in [1.165, 1.54) is 0 Å². The van der Waals surface area contributed by atoms with E-state index in [-0.39, 0.29) is 6.61 Å². The summed E-state index contributed by atoms with van der Waals surface area (Å²) in [5, 5.41) is 0. The van der Waals surface area contributed by atoms with E-state index in [1.54, 1.807) is 0 Å². The van der Waals surface area contributed by atoms with Crippen LogP contribution in [0.4, 0.5) is 0 Å². The molecule has 5 heteroatoms. The number of hydrogen-bond acceptors (Lipinski definition) is 3. The van der Waals surface area contributed by atoms with Gasteiger partial charge in [0.1, 0.15) is 0 Å². The van der Waals surface area contributed by atoms with Crippen LogP contribution in [0.2, 0.25) is 0 Å². The lowest BCUT2D eigenvalue weighted by molar-refractivity contribution is 0.116. The van der Waals surface area contributed by atoms with E-state index < -0.39 is 10.3 Å². The van der Waals surface area contributed by atoms with Gasteiger partial charge in [-0.25, -0.2) is 4.21 Å². The maximum absolute atomic E-state index is 10.0. The second kappa shape index (κ2) is 6.48. The minimum atomic E-state index is -1.68. The average molecular weight is 173 g/mol. The maximum atomic E-state index is 10.0. The van der Waals surface area contributed by atoms with Gasteiger partial charge in [0, 0.05) is 17.3 Å². The van der Waals surface area contributed by atoms with Crippen molar-refractivity contribution in [2.45, 2.75) is 6.92 Å². The van der Waals surface area contributed by atoms with Crippen molar-refractivity contribution >= 4 is 21.0 Å². The molecule has 0 heterocycles. The quantitative estimate of drug-likeness (QED) is 0.456. The molecule has 9 heavy (non-hydrogen) atoms. The highest BCUT2D eigenvalue weighted by molar-refractivity contribution is 8.04. The number of ether oxygens (including phenoxy) is 1. The van der Waals surface area contributed by atoms with Crippen molar-refractivity contribution in [3.63, 3.8) is 0 Å². The third kappa shape index (κ3) is 8.36. The first-order valence-electron chi connectivity index (χ1n) is 2.56. The van der Waals surface area contributed by atoms with Gasteiger partial charge in [-0.15, -0.1) is 0 Å². The van der Waals surface area contributed by atoms with Crippen LogP contribution in [0.25, 0.3) is 0 Å². The van der Waals surface area contributed by atoms with Gasteiger partial charge in [0.05, 0.1) is 13.2 Å². The average Bonchev–Trinajstić information content (AvgIpc) is 1.80. The first-order valence-corrected chi connectivity index (χ1v) is 4.46. The van der Waals surface area contributed by atoms with Gasteiger partial charge in [-0.3, -0.25) is 4.18 Å². The van der Waals surface area contributed by atoms with Crippen LogP contribution in [-0.2, 0) is 19.2 Å². The molecule has 0 amide bonds. The summed E-state index contributed by atoms with van der Waals surface area (Å²) in [6.07, 6.45) is 0. The molecule has 1 atom stereocenters. The van der Waals surface area contributed by atoms with Gasteiger partial charge in [-0.05, 0) is 6.92 Å². The molecule has 0 spiro atoms. The lowest BCUT2D eigenvalue weighted by Crippen LogP contribution is -2.02. The smallest absolute Gasteiger partial charge is 0.256 e. The normalized spacial score (nSPS) is 13.6. The summed E-state index contributed by atoms with van der Waals surface area (Å²) in [4.78, 5) is 0. The molecule has 0 saturated carbocycles. The molecular weight excluding hydrogens is 164 g/mol. The lowest BCUT2D eigenvalue weighted by Gasteiger charge is -1.97. The van der Waals surface area contributed by atoms with Gasteiger partial charge in [0.25, 0.3) is 10.3 Å². The van der Waals surface area contributed by atoms with Crippen molar-refractivity contribution in [1.82, 2.24) is 0 Å². The van der Waals surface area contributed by atoms with Crippen molar-refractivity contribution in [2.75, 3.05) is 19.8 Å². The zero-order chi connectivity index (χ0) is 7.11. The first kappa shape index (κ1) is 9.36. The number of halogens is 1. The summed E-state index contributed by atoms with van der Waals surface area (Å²) in [5.41, 5.74) is 0. The Bertz CT molecular complexity index is 87.9. The van der Waals surface area contributed by atoms with Gasteiger partial charge in [0.15, 0.2) is 0 Å². The van der Waals surface area contributed by atoms with Gasteiger partial charge >= 0.3 is 0 Å². The monoisotopic (exact) mass is 172 g/mol.